The monoisotopic (exact) mass is 182 g/mol. The Bertz CT molecular complexity index is 295. The Kier molecular flexibility index (Phi) is 1.83. The van der Waals surface area contributed by atoms with Gasteiger partial charge in [-0.05, 0) is 13.3 Å². The van der Waals surface area contributed by atoms with E-state index >= 15 is 0 Å². The fourth-order valence-electron chi connectivity index (χ4n) is 1.53. The molecule has 4 heteroatoms. The first-order valence-electron chi connectivity index (χ1n) is 4.31. The second-order valence-electron chi connectivity index (χ2n) is 3.16. The van der Waals surface area contributed by atoms with Crippen LogP contribution in [0.5, 0.6) is 0 Å². The van der Waals surface area contributed by atoms with Crippen LogP contribution in [0.25, 0.3) is 0 Å². The molecule has 0 aromatic heterocycles. The SMILES string of the molecule is C[C@H]1OC(=O)/C(=C2\CCCO2)C1=O. The fraction of sp³-hybridized carbons (Fsp3) is 0.556. The van der Waals surface area contributed by atoms with E-state index in [-0.39, 0.29) is 11.4 Å². The minimum atomic E-state index is -0.640. The first-order chi connectivity index (χ1) is 6.20. The molecule has 2 fully saturated rings. The predicted molar refractivity (Wildman–Crippen MR) is 42.8 cm³/mol. The van der Waals surface area contributed by atoms with Gasteiger partial charge in [-0.1, -0.05) is 0 Å². The molecule has 2 aliphatic rings. The molecule has 1 atom stereocenters. The van der Waals surface area contributed by atoms with Crippen LogP contribution in [0.2, 0.25) is 0 Å². The van der Waals surface area contributed by atoms with Crippen molar-refractivity contribution in [2.45, 2.75) is 25.9 Å². The van der Waals surface area contributed by atoms with Gasteiger partial charge in [0, 0.05) is 6.42 Å². The smallest absolute Gasteiger partial charge is 0.346 e. The van der Waals surface area contributed by atoms with E-state index in [2.05, 4.69) is 0 Å². The van der Waals surface area contributed by atoms with E-state index in [4.69, 9.17) is 9.47 Å². The maximum atomic E-state index is 11.4. The van der Waals surface area contributed by atoms with Crippen molar-refractivity contribution < 1.29 is 19.1 Å². The average Bonchev–Trinajstić information content (AvgIpc) is 2.63. The third kappa shape index (κ3) is 1.22. The topological polar surface area (TPSA) is 52.6 Å². The van der Waals surface area contributed by atoms with Gasteiger partial charge in [0.2, 0.25) is 5.78 Å². The molecule has 0 saturated carbocycles. The van der Waals surface area contributed by atoms with Crippen molar-refractivity contribution in [1.82, 2.24) is 0 Å². The summed E-state index contributed by atoms with van der Waals surface area (Å²) < 4.78 is 9.96. The summed E-state index contributed by atoms with van der Waals surface area (Å²) in [4.78, 5) is 22.6. The normalized spacial score (nSPS) is 33.5. The Morgan fingerprint density at radius 3 is 2.62 bits per heavy atom. The summed E-state index contributed by atoms with van der Waals surface area (Å²) in [7, 11) is 0. The molecule has 0 unspecified atom stereocenters. The minimum absolute atomic E-state index is 0.130. The number of ether oxygens (including phenoxy) is 2. The van der Waals surface area contributed by atoms with Crippen LogP contribution >= 0.6 is 0 Å². The minimum Gasteiger partial charge on any atom is -0.497 e. The van der Waals surface area contributed by atoms with Gasteiger partial charge >= 0.3 is 5.97 Å². The Morgan fingerprint density at radius 1 is 1.38 bits per heavy atom. The van der Waals surface area contributed by atoms with E-state index in [9.17, 15) is 9.59 Å². The maximum Gasteiger partial charge on any atom is 0.346 e. The number of hydrogen-bond acceptors (Lipinski definition) is 4. The predicted octanol–water partition coefficient (Wildman–Crippen LogP) is 0.565. The van der Waals surface area contributed by atoms with Gasteiger partial charge in [-0.25, -0.2) is 4.79 Å². The van der Waals surface area contributed by atoms with Gasteiger partial charge in [0.25, 0.3) is 0 Å². The highest BCUT2D eigenvalue weighted by atomic mass is 16.6. The molecule has 2 rings (SSSR count). The van der Waals surface area contributed by atoms with Crippen LogP contribution in [0.15, 0.2) is 11.3 Å². The third-order valence-corrected chi connectivity index (χ3v) is 2.21. The van der Waals surface area contributed by atoms with E-state index < -0.39 is 12.1 Å². The Balaban J connectivity index is 2.36. The third-order valence-electron chi connectivity index (χ3n) is 2.21. The van der Waals surface area contributed by atoms with E-state index in [0.717, 1.165) is 6.42 Å². The molecule has 0 radical (unpaired) electrons. The number of cyclic esters (lactones) is 1. The van der Waals surface area contributed by atoms with Gasteiger partial charge in [0.05, 0.1) is 6.61 Å². The van der Waals surface area contributed by atoms with Crippen LogP contribution in [-0.2, 0) is 19.1 Å². The van der Waals surface area contributed by atoms with Crippen LogP contribution in [0.3, 0.4) is 0 Å². The number of ketones is 1. The quantitative estimate of drug-likeness (QED) is 0.312. The Hall–Kier alpha value is -1.32. The van der Waals surface area contributed by atoms with Crippen LogP contribution in [-0.4, -0.2) is 24.5 Å². The van der Waals surface area contributed by atoms with Crippen molar-refractivity contribution >= 4 is 11.8 Å². The molecule has 0 aliphatic carbocycles. The summed E-state index contributed by atoms with van der Waals surface area (Å²) >= 11 is 0. The zero-order chi connectivity index (χ0) is 9.42. The molecule has 4 nitrogen and oxygen atoms in total. The van der Waals surface area contributed by atoms with Gasteiger partial charge in [-0.2, -0.15) is 0 Å². The van der Waals surface area contributed by atoms with Crippen molar-refractivity contribution in [1.29, 1.82) is 0 Å². The number of carbonyl (C=O) groups excluding carboxylic acids is 2. The summed E-state index contributed by atoms with van der Waals surface area (Å²) in [5, 5.41) is 0. The molecule has 2 heterocycles. The summed E-state index contributed by atoms with van der Waals surface area (Å²) in [5.41, 5.74) is 0.130. The summed E-state index contributed by atoms with van der Waals surface area (Å²) in [5.74, 6) is -0.268. The van der Waals surface area contributed by atoms with Gasteiger partial charge in [0.1, 0.15) is 11.3 Å². The number of rotatable bonds is 0. The highest BCUT2D eigenvalue weighted by Crippen LogP contribution is 2.26. The lowest BCUT2D eigenvalue weighted by Gasteiger charge is -1.98. The largest absolute Gasteiger partial charge is 0.497 e. The van der Waals surface area contributed by atoms with Crippen LogP contribution in [0.4, 0.5) is 0 Å². The van der Waals surface area contributed by atoms with Gasteiger partial charge in [-0.15, -0.1) is 0 Å². The zero-order valence-corrected chi connectivity index (χ0v) is 7.33. The van der Waals surface area contributed by atoms with E-state index in [1.54, 1.807) is 6.92 Å². The lowest BCUT2D eigenvalue weighted by molar-refractivity contribution is -0.140. The molecule has 0 bridgehead atoms. The van der Waals surface area contributed by atoms with Crippen LogP contribution < -0.4 is 0 Å². The first kappa shape index (κ1) is 8.29. The number of allylic oxidation sites excluding steroid dienone is 1. The Morgan fingerprint density at radius 2 is 2.15 bits per heavy atom. The average molecular weight is 182 g/mol. The summed E-state index contributed by atoms with van der Waals surface area (Å²) in [6.07, 6.45) is 0.899. The fourth-order valence-corrected chi connectivity index (χ4v) is 1.53. The number of hydrogen-bond donors (Lipinski definition) is 0. The Labute approximate surface area is 75.5 Å². The molecule has 0 aromatic rings. The summed E-state index contributed by atoms with van der Waals surface area (Å²) in [6.45, 7) is 2.16. The van der Waals surface area contributed by atoms with Gasteiger partial charge in [-0.3, -0.25) is 4.79 Å². The molecule has 2 aliphatic heterocycles. The second-order valence-corrected chi connectivity index (χ2v) is 3.16. The van der Waals surface area contributed by atoms with Crippen molar-refractivity contribution in [3.05, 3.63) is 11.3 Å². The molecule has 0 spiro atoms. The molecule has 0 aromatic carbocycles. The molecular weight excluding hydrogens is 172 g/mol. The van der Waals surface area contributed by atoms with E-state index in [0.29, 0.717) is 18.8 Å². The first-order valence-corrected chi connectivity index (χ1v) is 4.31. The molecule has 70 valence electrons. The number of Topliss-reactive ketones (excluding diaryl/α,β-unsaturated/α-hetero) is 1. The number of esters is 1. The number of carbonyl (C=O) groups is 2. The van der Waals surface area contributed by atoms with Crippen molar-refractivity contribution in [2.24, 2.45) is 0 Å². The molecule has 0 N–H and O–H groups in total. The van der Waals surface area contributed by atoms with Crippen LogP contribution in [0.1, 0.15) is 19.8 Å². The molecule has 0 amide bonds. The second kappa shape index (κ2) is 2.87. The van der Waals surface area contributed by atoms with E-state index in [1.165, 1.54) is 0 Å². The molecule has 13 heavy (non-hydrogen) atoms. The highest BCUT2D eigenvalue weighted by molar-refractivity contribution is 6.23. The van der Waals surface area contributed by atoms with Crippen LogP contribution in [0, 0.1) is 0 Å². The van der Waals surface area contributed by atoms with Gasteiger partial charge in [0.15, 0.2) is 6.10 Å². The summed E-state index contributed by atoms with van der Waals surface area (Å²) in [6, 6.07) is 0. The van der Waals surface area contributed by atoms with Gasteiger partial charge < -0.3 is 9.47 Å². The lowest BCUT2D eigenvalue weighted by Crippen LogP contribution is -2.11. The van der Waals surface area contributed by atoms with Crippen molar-refractivity contribution in [3.8, 4) is 0 Å². The standard InChI is InChI=1S/C9H10O4/c1-5-8(10)7(9(11)13-5)6-3-2-4-12-6/h5H,2-4H2,1H3/b7-6+/t5-/m1/s1. The van der Waals surface area contributed by atoms with Crippen molar-refractivity contribution in [3.63, 3.8) is 0 Å². The highest BCUT2D eigenvalue weighted by Gasteiger charge is 2.39. The molecule has 2 saturated heterocycles. The maximum absolute atomic E-state index is 11.4. The lowest BCUT2D eigenvalue weighted by atomic mass is 10.1. The van der Waals surface area contributed by atoms with E-state index in [1.807, 2.05) is 0 Å². The molecular formula is C9H10O4. The van der Waals surface area contributed by atoms with Crippen molar-refractivity contribution in [2.75, 3.05) is 6.61 Å². The zero-order valence-electron chi connectivity index (χ0n) is 7.33.